The van der Waals surface area contributed by atoms with Crippen LogP contribution in [0.15, 0.2) is 30.3 Å². The molecule has 0 aromatic heterocycles. The third-order valence-electron chi connectivity index (χ3n) is 4.50. The first-order valence-corrected chi connectivity index (χ1v) is 7.59. The molecule has 0 radical (unpaired) electrons. The maximum atomic E-state index is 12.5. The van der Waals surface area contributed by atoms with Crippen LogP contribution in [0.5, 0.6) is 0 Å². The summed E-state index contributed by atoms with van der Waals surface area (Å²) in [6.45, 7) is 4.09. The predicted molar refractivity (Wildman–Crippen MR) is 78.8 cm³/mol. The van der Waals surface area contributed by atoms with Crippen molar-refractivity contribution in [2.75, 3.05) is 13.1 Å². The highest BCUT2D eigenvalue weighted by Gasteiger charge is 2.33. The number of piperidine rings is 1. The first-order valence-electron chi connectivity index (χ1n) is 7.59. The van der Waals surface area contributed by atoms with Gasteiger partial charge < -0.3 is 4.90 Å². The van der Waals surface area contributed by atoms with Crippen molar-refractivity contribution in [3.8, 4) is 0 Å². The fourth-order valence-electron chi connectivity index (χ4n) is 3.07. The molecule has 108 valence electrons. The lowest BCUT2D eigenvalue weighted by Gasteiger charge is -2.32. The summed E-state index contributed by atoms with van der Waals surface area (Å²) in [6, 6.07) is 10.5. The zero-order chi connectivity index (χ0) is 13.9. The van der Waals surface area contributed by atoms with Crippen LogP contribution in [0.2, 0.25) is 0 Å². The fourth-order valence-corrected chi connectivity index (χ4v) is 3.07. The number of hydrogen-bond acceptors (Lipinski definition) is 3. The molecule has 20 heavy (non-hydrogen) atoms. The lowest BCUT2D eigenvalue weighted by atomic mass is 9.97. The maximum absolute atomic E-state index is 12.5. The van der Waals surface area contributed by atoms with Crippen LogP contribution in [0.25, 0.3) is 0 Å². The number of carbonyl (C=O) groups is 1. The van der Waals surface area contributed by atoms with E-state index >= 15 is 0 Å². The zero-order valence-electron chi connectivity index (χ0n) is 12.0. The summed E-state index contributed by atoms with van der Waals surface area (Å²) in [6.07, 6.45) is 3.09. The van der Waals surface area contributed by atoms with Crippen molar-refractivity contribution in [2.24, 2.45) is 5.92 Å². The zero-order valence-corrected chi connectivity index (χ0v) is 12.0. The third kappa shape index (κ3) is 2.86. The monoisotopic (exact) mass is 273 g/mol. The third-order valence-corrected chi connectivity index (χ3v) is 4.50. The standard InChI is InChI=1S/C16H23N3O/c1-12-7-9-19(10-8-12)16(20)15-11-14(17-18-15)13-5-3-2-4-6-13/h2-6,12,14-15,17-18H,7-11H2,1H3. The highest BCUT2D eigenvalue weighted by atomic mass is 16.2. The molecule has 0 spiro atoms. The van der Waals surface area contributed by atoms with Crippen molar-refractivity contribution < 1.29 is 4.79 Å². The van der Waals surface area contributed by atoms with Crippen molar-refractivity contribution in [2.45, 2.75) is 38.3 Å². The Labute approximate surface area is 120 Å². The number of likely N-dealkylation sites (tertiary alicyclic amines) is 1. The summed E-state index contributed by atoms with van der Waals surface area (Å²) in [4.78, 5) is 14.5. The minimum absolute atomic E-state index is 0.0892. The van der Waals surface area contributed by atoms with Gasteiger partial charge in [0.05, 0.1) is 0 Å². The van der Waals surface area contributed by atoms with Gasteiger partial charge in [0.2, 0.25) is 5.91 Å². The largest absolute Gasteiger partial charge is 0.341 e. The van der Waals surface area contributed by atoms with Crippen LogP contribution >= 0.6 is 0 Å². The van der Waals surface area contributed by atoms with Gasteiger partial charge in [-0.2, -0.15) is 0 Å². The number of rotatable bonds is 2. The van der Waals surface area contributed by atoms with Gasteiger partial charge in [-0.1, -0.05) is 37.3 Å². The number of hydrogen-bond donors (Lipinski definition) is 2. The molecular weight excluding hydrogens is 250 g/mol. The molecule has 2 fully saturated rings. The Morgan fingerprint density at radius 2 is 1.85 bits per heavy atom. The van der Waals surface area contributed by atoms with E-state index in [4.69, 9.17) is 0 Å². The Morgan fingerprint density at radius 3 is 2.55 bits per heavy atom. The van der Waals surface area contributed by atoms with Crippen LogP contribution in [0.1, 0.15) is 37.8 Å². The van der Waals surface area contributed by atoms with E-state index in [2.05, 4.69) is 29.9 Å². The van der Waals surface area contributed by atoms with Crippen LogP contribution < -0.4 is 10.9 Å². The summed E-state index contributed by atoms with van der Waals surface area (Å²) in [5, 5.41) is 0. The highest BCUT2D eigenvalue weighted by molar-refractivity contribution is 5.82. The molecule has 2 aliphatic rings. The second kappa shape index (κ2) is 5.94. The van der Waals surface area contributed by atoms with E-state index < -0.39 is 0 Å². The molecule has 4 heteroatoms. The first kappa shape index (κ1) is 13.6. The van der Waals surface area contributed by atoms with Gasteiger partial charge >= 0.3 is 0 Å². The van der Waals surface area contributed by atoms with E-state index in [-0.39, 0.29) is 18.0 Å². The van der Waals surface area contributed by atoms with Crippen molar-refractivity contribution in [1.29, 1.82) is 0 Å². The van der Waals surface area contributed by atoms with Gasteiger partial charge in [0.1, 0.15) is 6.04 Å². The van der Waals surface area contributed by atoms with Gasteiger partial charge in [-0.25, -0.2) is 10.9 Å². The number of hydrazine groups is 1. The van der Waals surface area contributed by atoms with E-state index in [9.17, 15) is 4.79 Å². The van der Waals surface area contributed by atoms with E-state index in [0.717, 1.165) is 38.3 Å². The number of benzene rings is 1. The van der Waals surface area contributed by atoms with Gasteiger partial charge in [0, 0.05) is 19.1 Å². The molecule has 2 saturated heterocycles. The van der Waals surface area contributed by atoms with Crippen LogP contribution in [0, 0.1) is 5.92 Å². The molecule has 1 aromatic carbocycles. The van der Waals surface area contributed by atoms with Gasteiger partial charge in [-0.05, 0) is 30.7 Å². The predicted octanol–water partition coefficient (Wildman–Crippen LogP) is 1.85. The fraction of sp³-hybridized carbons (Fsp3) is 0.562. The molecule has 2 unspecified atom stereocenters. The van der Waals surface area contributed by atoms with Crippen LogP contribution in [-0.2, 0) is 4.79 Å². The molecule has 1 aromatic rings. The lowest BCUT2D eigenvalue weighted by Crippen LogP contribution is -2.48. The van der Waals surface area contributed by atoms with Gasteiger partial charge in [-0.15, -0.1) is 0 Å². The van der Waals surface area contributed by atoms with E-state index in [0.29, 0.717) is 0 Å². The lowest BCUT2D eigenvalue weighted by molar-refractivity contribution is -0.134. The average Bonchev–Trinajstić information content (AvgIpc) is 2.98. The smallest absolute Gasteiger partial charge is 0.241 e. The molecule has 0 aliphatic carbocycles. The summed E-state index contributed by atoms with van der Waals surface area (Å²) in [5.41, 5.74) is 7.66. The van der Waals surface area contributed by atoms with Crippen LogP contribution in [0.4, 0.5) is 0 Å². The molecule has 2 N–H and O–H groups in total. The van der Waals surface area contributed by atoms with Crippen LogP contribution in [0.3, 0.4) is 0 Å². The Bertz CT molecular complexity index is 454. The van der Waals surface area contributed by atoms with Gasteiger partial charge in [0.25, 0.3) is 0 Å². The topological polar surface area (TPSA) is 44.4 Å². The van der Waals surface area contributed by atoms with Crippen LogP contribution in [-0.4, -0.2) is 29.9 Å². The molecule has 0 bridgehead atoms. The number of amides is 1. The Kier molecular flexibility index (Phi) is 4.03. The Balaban J connectivity index is 1.58. The number of carbonyl (C=O) groups excluding carboxylic acids is 1. The normalized spacial score (nSPS) is 27.8. The van der Waals surface area contributed by atoms with Gasteiger partial charge in [-0.3, -0.25) is 4.79 Å². The molecule has 0 saturated carbocycles. The Hall–Kier alpha value is -1.39. The van der Waals surface area contributed by atoms with Crippen molar-refractivity contribution >= 4 is 5.91 Å². The summed E-state index contributed by atoms with van der Waals surface area (Å²) < 4.78 is 0. The summed E-state index contributed by atoms with van der Waals surface area (Å²) in [5.74, 6) is 1.01. The molecule has 2 atom stereocenters. The van der Waals surface area contributed by atoms with Crippen molar-refractivity contribution in [3.05, 3.63) is 35.9 Å². The molecule has 1 amide bonds. The van der Waals surface area contributed by atoms with E-state index in [1.54, 1.807) is 0 Å². The highest BCUT2D eigenvalue weighted by Crippen LogP contribution is 2.24. The van der Waals surface area contributed by atoms with Gasteiger partial charge in [0.15, 0.2) is 0 Å². The second-order valence-electron chi connectivity index (χ2n) is 6.05. The Morgan fingerprint density at radius 1 is 1.15 bits per heavy atom. The minimum Gasteiger partial charge on any atom is -0.341 e. The molecule has 4 nitrogen and oxygen atoms in total. The molecule has 3 rings (SSSR count). The van der Waals surface area contributed by atoms with Crippen molar-refractivity contribution in [3.63, 3.8) is 0 Å². The average molecular weight is 273 g/mol. The SMILES string of the molecule is CC1CCN(C(=O)C2CC(c3ccccc3)NN2)CC1. The number of nitrogens with zero attached hydrogens (tertiary/aromatic N) is 1. The minimum atomic E-state index is -0.0892. The number of nitrogens with one attached hydrogen (secondary N) is 2. The van der Waals surface area contributed by atoms with E-state index in [1.807, 2.05) is 23.1 Å². The quantitative estimate of drug-likeness (QED) is 0.864. The maximum Gasteiger partial charge on any atom is 0.241 e. The second-order valence-corrected chi connectivity index (χ2v) is 6.05. The first-order chi connectivity index (χ1) is 9.74. The summed E-state index contributed by atoms with van der Waals surface area (Å²) >= 11 is 0. The molecular formula is C16H23N3O. The van der Waals surface area contributed by atoms with E-state index in [1.165, 1.54) is 5.56 Å². The molecule has 2 aliphatic heterocycles. The molecule has 2 heterocycles. The summed E-state index contributed by atoms with van der Waals surface area (Å²) in [7, 11) is 0. The van der Waals surface area contributed by atoms with Crippen molar-refractivity contribution in [1.82, 2.24) is 15.8 Å².